The van der Waals surface area contributed by atoms with Crippen LogP contribution in [0.25, 0.3) is 0 Å². The van der Waals surface area contributed by atoms with Crippen molar-refractivity contribution in [2.45, 2.75) is 45.7 Å². The third kappa shape index (κ3) is 4.54. The fourth-order valence-corrected chi connectivity index (χ4v) is 4.52. The van der Waals surface area contributed by atoms with Crippen LogP contribution in [0.3, 0.4) is 0 Å². The molecule has 0 N–H and O–H groups in total. The molecule has 2 rings (SSSR count). The van der Waals surface area contributed by atoms with Gasteiger partial charge in [0.05, 0.1) is 5.75 Å². The number of sulfonamides is 1. The monoisotopic (exact) mass is 338 g/mol. The molecule has 0 spiro atoms. The van der Waals surface area contributed by atoms with Gasteiger partial charge < -0.3 is 4.90 Å². The van der Waals surface area contributed by atoms with Gasteiger partial charge in [0.1, 0.15) is 0 Å². The topological polar surface area (TPSA) is 57.7 Å². The van der Waals surface area contributed by atoms with E-state index in [1.165, 1.54) is 4.31 Å². The van der Waals surface area contributed by atoms with Gasteiger partial charge in [0.15, 0.2) is 0 Å². The Morgan fingerprint density at radius 2 is 1.87 bits per heavy atom. The summed E-state index contributed by atoms with van der Waals surface area (Å²) in [7, 11) is -3.27. The molecule has 1 aromatic carbocycles. The molecule has 0 bridgehead atoms. The van der Waals surface area contributed by atoms with Crippen molar-refractivity contribution in [3.05, 3.63) is 35.9 Å². The van der Waals surface area contributed by atoms with Gasteiger partial charge in [0.2, 0.25) is 15.9 Å². The molecular formula is C17H26N2O3S. The molecule has 0 aliphatic carbocycles. The molecule has 1 saturated heterocycles. The van der Waals surface area contributed by atoms with Crippen LogP contribution in [0.15, 0.2) is 30.3 Å². The maximum atomic E-state index is 12.5. The zero-order valence-corrected chi connectivity index (χ0v) is 14.8. The lowest BCUT2D eigenvalue weighted by Gasteiger charge is -2.31. The van der Waals surface area contributed by atoms with Crippen LogP contribution < -0.4 is 0 Å². The van der Waals surface area contributed by atoms with E-state index in [0.29, 0.717) is 26.1 Å². The summed E-state index contributed by atoms with van der Waals surface area (Å²) in [5.74, 6) is 0.186. The number of carbonyl (C=O) groups is 1. The first-order valence-corrected chi connectivity index (χ1v) is 9.90. The summed E-state index contributed by atoms with van der Waals surface area (Å²) < 4.78 is 26.2. The van der Waals surface area contributed by atoms with Gasteiger partial charge in [-0.2, -0.15) is 4.31 Å². The van der Waals surface area contributed by atoms with Crippen molar-refractivity contribution >= 4 is 15.9 Å². The van der Waals surface area contributed by atoms with E-state index < -0.39 is 10.0 Å². The van der Waals surface area contributed by atoms with Crippen LogP contribution in [-0.4, -0.2) is 48.4 Å². The van der Waals surface area contributed by atoms with Crippen molar-refractivity contribution < 1.29 is 13.2 Å². The van der Waals surface area contributed by atoms with Gasteiger partial charge in [-0.25, -0.2) is 8.42 Å². The zero-order chi connectivity index (χ0) is 16.9. The third-order valence-corrected chi connectivity index (χ3v) is 6.32. The Hall–Kier alpha value is -1.40. The van der Waals surface area contributed by atoms with Gasteiger partial charge in [-0.05, 0) is 18.4 Å². The standard InChI is InChI=1S/C17H26N2O3S/c1-3-12-23(21,22)18-11-10-17(20)19(16(4-2)14-18)13-15-8-6-5-7-9-15/h5-9,16H,3-4,10-14H2,1-2H3/t16-/m1/s1. The van der Waals surface area contributed by atoms with Crippen LogP contribution >= 0.6 is 0 Å². The molecule has 5 nitrogen and oxygen atoms in total. The highest BCUT2D eigenvalue weighted by Crippen LogP contribution is 2.20. The van der Waals surface area contributed by atoms with E-state index in [2.05, 4.69) is 0 Å². The number of carbonyl (C=O) groups excluding carboxylic acids is 1. The molecule has 0 radical (unpaired) electrons. The predicted octanol–water partition coefficient (Wildman–Crippen LogP) is 2.24. The van der Waals surface area contributed by atoms with E-state index in [4.69, 9.17) is 0 Å². The van der Waals surface area contributed by atoms with Crippen molar-refractivity contribution in [1.29, 1.82) is 0 Å². The Kier molecular flexibility index (Phi) is 6.18. The first-order chi connectivity index (χ1) is 11.0. The van der Waals surface area contributed by atoms with Crippen LogP contribution in [0.2, 0.25) is 0 Å². The third-order valence-electron chi connectivity index (χ3n) is 4.27. The molecule has 1 heterocycles. The van der Waals surface area contributed by atoms with Gasteiger partial charge in [-0.3, -0.25) is 4.79 Å². The number of benzene rings is 1. The average Bonchev–Trinajstić information content (AvgIpc) is 2.69. The van der Waals surface area contributed by atoms with Crippen LogP contribution in [0.4, 0.5) is 0 Å². The van der Waals surface area contributed by atoms with Crippen molar-refractivity contribution in [1.82, 2.24) is 9.21 Å². The van der Waals surface area contributed by atoms with E-state index in [-0.39, 0.29) is 24.1 Å². The molecular weight excluding hydrogens is 312 g/mol. The summed E-state index contributed by atoms with van der Waals surface area (Å²) in [5, 5.41) is 0. The summed E-state index contributed by atoms with van der Waals surface area (Å²) in [6.07, 6.45) is 1.60. The number of hydrogen-bond acceptors (Lipinski definition) is 3. The van der Waals surface area contributed by atoms with E-state index in [1.807, 2.05) is 49.1 Å². The number of rotatable bonds is 6. The van der Waals surface area contributed by atoms with E-state index in [9.17, 15) is 13.2 Å². The maximum Gasteiger partial charge on any atom is 0.224 e. The highest BCUT2D eigenvalue weighted by Gasteiger charge is 2.33. The quantitative estimate of drug-likeness (QED) is 0.799. The minimum Gasteiger partial charge on any atom is -0.334 e. The van der Waals surface area contributed by atoms with Crippen LogP contribution in [0.5, 0.6) is 0 Å². The fourth-order valence-electron chi connectivity index (χ4n) is 2.98. The minimum atomic E-state index is -3.27. The van der Waals surface area contributed by atoms with E-state index in [0.717, 1.165) is 12.0 Å². The molecule has 1 aliphatic heterocycles. The van der Waals surface area contributed by atoms with Gasteiger partial charge in [0, 0.05) is 32.1 Å². The Morgan fingerprint density at radius 3 is 2.48 bits per heavy atom. The summed E-state index contributed by atoms with van der Waals surface area (Å²) in [6, 6.07) is 9.78. The normalized spacial score (nSPS) is 20.5. The summed E-state index contributed by atoms with van der Waals surface area (Å²) in [6.45, 7) is 5.10. The number of hydrogen-bond donors (Lipinski definition) is 0. The Bertz CT molecular complexity index is 616. The molecule has 1 amide bonds. The second kappa shape index (κ2) is 7.93. The molecule has 1 aromatic rings. The summed E-state index contributed by atoms with van der Waals surface area (Å²) >= 11 is 0. The fraction of sp³-hybridized carbons (Fsp3) is 0.588. The van der Waals surface area contributed by atoms with Crippen molar-refractivity contribution in [3.8, 4) is 0 Å². The summed E-state index contributed by atoms with van der Waals surface area (Å²) in [4.78, 5) is 14.4. The number of amides is 1. The van der Waals surface area contributed by atoms with E-state index in [1.54, 1.807) is 0 Å². The van der Waals surface area contributed by atoms with Crippen LogP contribution in [0.1, 0.15) is 38.7 Å². The largest absolute Gasteiger partial charge is 0.334 e. The second-order valence-corrected chi connectivity index (χ2v) is 8.08. The molecule has 128 valence electrons. The lowest BCUT2D eigenvalue weighted by molar-refractivity contribution is -0.133. The van der Waals surface area contributed by atoms with Crippen molar-refractivity contribution in [2.75, 3.05) is 18.8 Å². The Labute approximate surface area is 139 Å². The van der Waals surface area contributed by atoms with Gasteiger partial charge in [-0.15, -0.1) is 0 Å². The summed E-state index contributed by atoms with van der Waals surface area (Å²) in [5.41, 5.74) is 1.07. The molecule has 0 aromatic heterocycles. The highest BCUT2D eigenvalue weighted by molar-refractivity contribution is 7.89. The Morgan fingerprint density at radius 1 is 1.17 bits per heavy atom. The zero-order valence-electron chi connectivity index (χ0n) is 13.9. The van der Waals surface area contributed by atoms with Gasteiger partial charge in [-0.1, -0.05) is 44.2 Å². The molecule has 1 aliphatic rings. The second-order valence-electron chi connectivity index (χ2n) is 5.99. The van der Waals surface area contributed by atoms with Crippen LogP contribution in [-0.2, 0) is 21.4 Å². The van der Waals surface area contributed by atoms with Crippen molar-refractivity contribution in [3.63, 3.8) is 0 Å². The minimum absolute atomic E-state index is 0.0369. The lowest BCUT2D eigenvalue weighted by atomic mass is 10.1. The predicted molar refractivity (Wildman–Crippen MR) is 91.3 cm³/mol. The highest BCUT2D eigenvalue weighted by atomic mass is 32.2. The smallest absolute Gasteiger partial charge is 0.224 e. The first-order valence-electron chi connectivity index (χ1n) is 8.29. The Balaban J connectivity index is 2.19. The molecule has 0 saturated carbocycles. The lowest BCUT2D eigenvalue weighted by Crippen LogP contribution is -2.44. The SMILES string of the molecule is CCCS(=O)(=O)N1CCC(=O)N(Cc2ccccc2)[C@H](CC)C1. The maximum absolute atomic E-state index is 12.5. The molecule has 1 atom stereocenters. The first kappa shape index (κ1) is 17.9. The van der Waals surface area contributed by atoms with E-state index >= 15 is 0 Å². The molecule has 23 heavy (non-hydrogen) atoms. The molecule has 6 heteroatoms. The van der Waals surface area contributed by atoms with Crippen molar-refractivity contribution in [2.24, 2.45) is 0 Å². The average molecular weight is 338 g/mol. The number of nitrogens with zero attached hydrogens (tertiary/aromatic N) is 2. The van der Waals surface area contributed by atoms with Gasteiger partial charge >= 0.3 is 0 Å². The molecule has 0 unspecified atom stereocenters. The van der Waals surface area contributed by atoms with Gasteiger partial charge in [0.25, 0.3) is 0 Å². The molecule has 1 fully saturated rings. The van der Waals surface area contributed by atoms with Crippen LogP contribution in [0, 0.1) is 0 Å².